The zero-order chi connectivity index (χ0) is 20.6. The molecular weight excluding hydrogens is 388 g/mol. The van der Waals surface area contributed by atoms with E-state index in [2.05, 4.69) is 15.7 Å². The van der Waals surface area contributed by atoms with Crippen molar-refractivity contribution in [3.05, 3.63) is 76.8 Å². The largest absolute Gasteiger partial charge is 0.344 e. The van der Waals surface area contributed by atoms with Crippen LogP contribution in [0.5, 0.6) is 0 Å². The summed E-state index contributed by atoms with van der Waals surface area (Å²) in [5, 5.41) is 4.09. The zero-order valence-electron chi connectivity index (χ0n) is 15.8. The van der Waals surface area contributed by atoms with E-state index in [1.807, 2.05) is 36.4 Å². The van der Waals surface area contributed by atoms with E-state index in [0.29, 0.717) is 21.1 Å². The van der Waals surface area contributed by atoms with Gasteiger partial charge in [0.2, 0.25) is 0 Å². The summed E-state index contributed by atoms with van der Waals surface area (Å²) in [7, 11) is 0. The first-order valence-corrected chi connectivity index (χ1v) is 9.78. The first kappa shape index (κ1) is 18.8. The third-order valence-corrected chi connectivity index (χ3v) is 5.98. The van der Waals surface area contributed by atoms with Crippen LogP contribution in [0, 0.1) is 6.92 Å². The molecule has 4 rings (SSSR count). The van der Waals surface area contributed by atoms with E-state index in [-0.39, 0.29) is 0 Å². The number of carbonyl (C=O) groups excluding carboxylic acids is 3. The highest BCUT2D eigenvalue weighted by molar-refractivity contribution is 7.17. The molecule has 0 bridgehead atoms. The first-order valence-electron chi connectivity index (χ1n) is 8.96. The van der Waals surface area contributed by atoms with E-state index in [1.165, 1.54) is 11.3 Å². The number of thiazole rings is 1. The van der Waals surface area contributed by atoms with Crippen molar-refractivity contribution < 1.29 is 14.4 Å². The molecule has 0 saturated carbocycles. The van der Waals surface area contributed by atoms with Crippen molar-refractivity contribution in [1.29, 1.82) is 0 Å². The summed E-state index contributed by atoms with van der Waals surface area (Å²) < 4.78 is 0. The lowest BCUT2D eigenvalue weighted by atomic mass is 9.92. The maximum absolute atomic E-state index is 12.9. The Balaban J connectivity index is 1.57. The number of rotatable bonds is 4. The molecule has 1 aromatic heterocycles. The van der Waals surface area contributed by atoms with Crippen molar-refractivity contribution >= 4 is 29.2 Å². The molecule has 0 radical (unpaired) electrons. The molecule has 7 nitrogen and oxygen atoms in total. The molecule has 2 heterocycles. The minimum Gasteiger partial charge on any atom is -0.318 e. The number of aromatic nitrogens is 1. The summed E-state index contributed by atoms with van der Waals surface area (Å²) in [5.74, 6) is -1.10. The predicted octanol–water partition coefficient (Wildman–Crippen LogP) is 3.23. The van der Waals surface area contributed by atoms with Crippen LogP contribution in [0.3, 0.4) is 0 Å². The molecule has 4 amide bonds. The number of benzene rings is 2. The van der Waals surface area contributed by atoms with Gasteiger partial charge in [0.05, 0.1) is 5.69 Å². The van der Waals surface area contributed by atoms with Crippen LogP contribution in [0.4, 0.5) is 4.79 Å². The van der Waals surface area contributed by atoms with Crippen LogP contribution in [0.15, 0.2) is 60.7 Å². The lowest BCUT2D eigenvalue weighted by Gasteiger charge is -2.22. The molecule has 2 aromatic carbocycles. The van der Waals surface area contributed by atoms with Crippen molar-refractivity contribution in [3.63, 3.8) is 0 Å². The Morgan fingerprint density at radius 2 is 1.69 bits per heavy atom. The molecule has 29 heavy (non-hydrogen) atoms. The van der Waals surface area contributed by atoms with Gasteiger partial charge in [-0.05, 0) is 19.4 Å². The molecule has 8 heteroatoms. The van der Waals surface area contributed by atoms with Crippen LogP contribution in [-0.4, -0.2) is 27.8 Å². The standard InChI is InChI=1S/C21H18N4O3S/c1-13-16(29-18(22-13)14-9-5-3-6-10-14)17(26)24-25-19(27)21(2,23-20(25)28)15-11-7-4-8-12-15/h3-12H,1-2H3,(H,23,28)(H,24,26)/t21-/m0/s1. The number of hydrogen-bond acceptors (Lipinski definition) is 5. The van der Waals surface area contributed by atoms with Crippen molar-refractivity contribution in [2.75, 3.05) is 0 Å². The summed E-state index contributed by atoms with van der Waals surface area (Å²) in [6.45, 7) is 3.33. The second kappa shape index (κ2) is 7.14. The lowest BCUT2D eigenvalue weighted by Crippen LogP contribution is -2.47. The Hall–Kier alpha value is -3.52. The van der Waals surface area contributed by atoms with Gasteiger partial charge in [0.1, 0.15) is 15.4 Å². The quantitative estimate of drug-likeness (QED) is 0.651. The van der Waals surface area contributed by atoms with Gasteiger partial charge in [-0.3, -0.25) is 15.0 Å². The van der Waals surface area contributed by atoms with Crippen LogP contribution in [0.25, 0.3) is 10.6 Å². The fraction of sp³-hybridized carbons (Fsp3) is 0.143. The van der Waals surface area contributed by atoms with Crippen LogP contribution < -0.4 is 10.7 Å². The number of urea groups is 1. The normalized spacial score (nSPS) is 18.6. The zero-order valence-corrected chi connectivity index (χ0v) is 16.6. The number of carbonyl (C=O) groups is 3. The number of nitrogens with one attached hydrogen (secondary N) is 2. The minimum absolute atomic E-state index is 0.345. The second-order valence-electron chi connectivity index (χ2n) is 6.80. The Kier molecular flexibility index (Phi) is 4.63. The van der Waals surface area contributed by atoms with Crippen molar-refractivity contribution in [1.82, 2.24) is 20.7 Å². The van der Waals surface area contributed by atoms with Gasteiger partial charge in [-0.2, -0.15) is 5.01 Å². The summed E-state index contributed by atoms with van der Waals surface area (Å²) >= 11 is 1.21. The highest BCUT2D eigenvalue weighted by atomic mass is 32.1. The molecule has 1 atom stereocenters. The third kappa shape index (κ3) is 3.27. The maximum Gasteiger partial charge on any atom is 0.344 e. The number of imide groups is 1. The number of aryl methyl sites for hydroxylation is 1. The minimum atomic E-state index is -1.25. The van der Waals surface area contributed by atoms with Gasteiger partial charge < -0.3 is 5.32 Å². The highest BCUT2D eigenvalue weighted by Crippen LogP contribution is 2.30. The Morgan fingerprint density at radius 1 is 1.07 bits per heavy atom. The van der Waals surface area contributed by atoms with Gasteiger partial charge in [-0.25, -0.2) is 9.78 Å². The van der Waals surface area contributed by atoms with Crippen LogP contribution in [-0.2, 0) is 10.3 Å². The molecule has 1 fully saturated rings. The number of hydrogen-bond donors (Lipinski definition) is 2. The second-order valence-corrected chi connectivity index (χ2v) is 7.80. The third-order valence-electron chi connectivity index (χ3n) is 4.78. The number of amides is 4. The van der Waals surface area contributed by atoms with E-state index < -0.39 is 23.4 Å². The van der Waals surface area contributed by atoms with Gasteiger partial charge in [0.25, 0.3) is 11.8 Å². The molecule has 1 saturated heterocycles. The molecule has 1 aliphatic rings. The van der Waals surface area contributed by atoms with Gasteiger partial charge in [0.15, 0.2) is 0 Å². The summed E-state index contributed by atoms with van der Waals surface area (Å²) in [6, 6.07) is 17.7. The predicted molar refractivity (Wildman–Crippen MR) is 109 cm³/mol. The summed E-state index contributed by atoms with van der Waals surface area (Å²) in [6.07, 6.45) is 0. The lowest BCUT2D eigenvalue weighted by molar-refractivity contribution is -0.132. The number of hydrazine groups is 1. The summed E-state index contributed by atoms with van der Waals surface area (Å²) in [4.78, 5) is 42.9. The van der Waals surface area contributed by atoms with Crippen LogP contribution in [0.2, 0.25) is 0 Å². The van der Waals surface area contributed by atoms with Gasteiger partial charge in [-0.1, -0.05) is 60.7 Å². The highest BCUT2D eigenvalue weighted by Gasteiger charge is 2.50. The Labute approximate surface area is 171 Å². The fourth-order valence-corrected chi connectivity index (χ4v) is 4.13. The van der Waals surface area contributed by atoms with E-state index in [4.69, 9.17) is 0 Å². The first-order chi connectivity index (χ1) is 13.9. The Bertz CT molecular complexity index is 1100. The fourth-order valence-electron chi connectivity index (χ4n) is 3.17. The maximum atomic E-state index is 12.9. The van der Waals surface area contributed by atoms with E-state index in [1.54, 1.807) is 38.1 Å². The molecule has 1 aliphatic heterocycles. The molecule has 2 N–H and O–H groups in total. The topological polar surface area (TPSA) is 91.4 Å². The van der Waals surface area contributed by atoms with Crippen LogP contribution >= 0.6 is 11.3 Å². The smallest absolute Gasteiger partial charge is 0.318 e. The van der Waals surface area contributed by atoms with E-state index >= 15 is 0 Å². The average molecular weight is 406 g/mol. The Morgan fingerprint density at radius 3 is 2.34 bits per heavy atom. The molecule has 3 aromatic rings. The van der Waals surface area contributed by atoms with Gasteiger partial charge in [-0.15, -0.1) is 11.3 Å². The van der Waals surface area contributed by atoms with Crippen molar-refractivity contribution in [3.8, 4) is 10.6 Å². The summed E-state index contributed by atoms with van der Waals surface area (Å²) in [5.41, 5.74) is 3.24. The molecule has 0 spiro atoms. The van der Waals surface area contributed by atoms with E-state index in [0.717, 1.165) is 10.6 Å². The van der Waals surface area contributed by atoms with Gasteiger partial charge >= 0.3 is 6.03 Å². The SMILES string of the molecule is Cc1nc(-c2ccccc2)sc1C(=O)NN1C(=O)N[C@@](C)(c2ccccc2)C1=O. The van der Waals surface area contributed by atoms with Gasteiger partial charge in [0, 0.05) is 5.56 Å². The van der Waals surface area contributed by atoms with Crippen LogP contribution in [0.1, 0.15) is 27.9 Å². The molecule has 0 unspecified atom stereocenters. The molecule has 146 valence electrons. The van der Waals surface area contributed by atoms with Crippen molar-refractivity contribution in [2.45, 2.75) is 19.4 Å². The monoisotopic (exact) mass is 406 g/mol. The average Bonchev–Trinajstić information content (AvgIpc) is 3.23. The number of nitrogens with zero attached hydrogens (tertiary/aromatic N) is 2. The van der Waals surface area contributed by atoms with E-state index in [9.17, 15) is 14.4 Å². The van der Waals surface area contributed by atoms with Crippen molar-refractivity contribution in [2.24, 2.45) is 0 Å². The molecule has 0 aliphatic carbocycles. The molecular formula is C21H18N4O3S.